The highest BCUT2D eigenvalue weighted by Gasteiger charge is 2.34. The highest BCUT2D eigenvalue weighted by molar-refractivity contribution is 9.10. The highest BCUT2D eigenvalue weighted by Crippen LogP contribution is 2.34. The zero-order chi connectivity index (χ0) is 14.2. The Balaban J connectivity index is 2.52. The van der Waals surface area contributed by atoms with Gasteiger partial charge in [0.2, 0.25) is 5.91 Å². The Morgan fingerprint density at radius 1 is 1.53 bits per heavy atom. The van der Waals surface area contributed by atoms with Crippen LogP contribution in [0.25, 0.3) is 0 Å². The summed E-state index contributed by atoms with van der Waals surface area (Å²) in [6.45, 7) is 0.317. The average Bonchev–Trinajstić information content (AvgIpc) is 2.73. The minimum absolute atomic E-state index is 0.0625. The van der Waals surface area contributed by atoms with Crippen LogP contribution in [0.5, 0.6) is 0 Å². The van der Waals surface area contributed by atoms with Crippen molar-refractivity contribution in [3.8, 4) is 0 Å². The number of halogens is 3. The van der Waals surface area contributed by atoms with Crippen LogP contribution in [0.15, 0.2) is 16.6 Å². The van der Waals surface area contributed by atoms with Gasteiger partial charge in [0.05, 0.1) is 15.7 Å². The van der Waals surface area contributed by atoms with Gasteiger partial charge < -0.3 is 10.0 Å². The molecule has 1 aliphatic rings. The van der Waals surface area contributed by atoms with E-state index in [9.17, 15) is 14.0 Å². The van der Waals surface area contributed by atoms with Crippen LogP contribution in [0, 0.1) is 11.7 Å². The van der Waals surface area contributed by atoms with Gasteiger partial charge in [-0.05, 0) is 34.0 Å². The third kappa shape index (κ3) is 2.67. The third-order valence-corrected chi connectivity index (χ3v) is 4.52. The van der Waals surface area contributed by atoms with E-state index < -0.39 is 11.8 Å². The van der Waals surface area contributed by atoms with Crippen LogP contribution in [-0.2, 0) is 4.79 Å². The number of amides is 1. The Morgan fingerprint density at radius 3 is 2.74 bits per heavy atom. The molecule has 0 spiro atoms. The van der Waals surface area contributed by atoms with Crippen LogP contribution < -0.4 is 4.90 Å². The summed E-state index contributed by atoms with van der Waals surface area (Å²) in [6.07, 6.45) is 0.288. The summed E-state index contributed by atoms with van der Waals surface area (Å²) >= 11 is 6.30. The fourth-order valence-corrected chi connectivity index (χ4v) is 2.83. The predicted octanol–water partition coefficient (Wildman–Crippen LogP) is 3.03. The summed E-state index contributed by atoms with van der Waals surface area (Å²) in [6, 6.07) is 2.62. The van der Waals surface area contributed by atoms with Crippen molar-refractivity contribution in [1.29, 1.82) is 0 Å². The minimum atomic E-state index is -1.25. The lowest BCUT2D eigenvalue weighted by atomic mass is 10.1. The number of benzene rings is 1. The predicted molar refractivity (Wildman–Crippen MR) is 75.3 cm³/mol. The van der Waals surface area contributed by atoms with E-state index in [1.54, 1.807) is 0 Å². The second-order valence-corrected chi connectivity index (χ2v) is 5.79. The quantitative estimate of drug-likeness (QED) is 0.801. The number of hydrogen-bond donors (Lipinski definition) is 1. The third-order valence-electron chi connectivity index (χ3n) is 2.99. The average molecular weight is 395 g/mol. The van der Waals surface area contributed by atoms with Crippen LogP contribution in [0.1, 0.15) is 16.8 Å². The molecule has 4 nitrogen and oxygen atoms in total. The molecule has 0 bridgehead atoms. The van der Waals surface area contributed by atoms with Gasteiger partial charge in [0.1, 0.15) is 0 Å². The number of hydrogen-bond acceptors (Lipinski definition) is 2. The molecular weight excluding hydrogens is 385 g/mol. The zero-order valence-corrected chi connectivity index (χ0v) is 12.9. The number of carbonyl (C=O) groups is 2. The van der Waals surface area contributed by atoms with Crippen molar-refractivity contribution in [3.63, 3.8) is 0 Å². The summed E-state index contributed by atoms with van der Waals surface area (Å²) < 4.78 is 14.3. The van der Waals surface area contributed by atoms with Crippen LogP contribution in [0.2, 0.25) is 0 Å². The number of nitrogens with zero attached hydrogens (tertiary/aromatic N) is 1. The largest absolute Gasteiger partial charge is 0.478 e. The first-order valence-electron chi connectivity index (χ1n) is 5.53. The molecule has 1 unspecified atom stereocenters. The Hall–Kier alpha value is -0.950. The van der Waals surface area contributed by atoms with Crippen LogP contribution in [0.3, 0.4) is 0 Å². The van der Waals surface area contributed by atoms with Gasteiger partial charge in [0.15, 0.2) is 5.82 Å². The number of alkyl halides is 1. The maximum Gasteiger partial charge on any atom is 0.337 e. The van der Waals surface area contributed by atoms with E-state index in [2.05, 4.69) is 31.9 Å². The van der Waals surface area contributed by atoms with Crippen molar-refractivity contribution >= 4 is 49.4 Å². The first kappa shape index (κ1) is 14.5. The van der Waals surface area contributed by atoms with Gasteiger partial charge in [-0.3, -0.25) is 4.79 Å². The fraction of sp³-hybridized carbons (Fsp3) is 0.333. The molecule has 1 amide bonds. The molecule has 0 aliphatic carbocycles. The number of rotatable bonds is 3. The Labute approximate surface area is 125 Å². The molecule has 19 heavy (non-hydrogen) atoms. The van der Waals surface area contributed by atoms with E-state index in [0.717, 1.165) is 0 Å². The Bertz CT molecular complexity index is 550. The van der Waals surface area contributed by atoms with Gasteiger partial charge in [-0.2, -0.15) is 0 Å². The second-order valence-electron chi connectivity index (χ2n) is 4.29. The second kappa shape index (κ2) is 5.58. The maximum atomic E-state index is 14.2. The lowest BCUT2D eigenvalue weighted by Gasteiger charge is -2.20. The summed E-state index contributed by atoms with van der Waals surface area (Å²) in [5.41, 5.74) is -0.361. The smallest absolute Gasteiger partial charge is 0.337 e. The molecule has 102 valence electrons. The molecule has 1 heterocycles. The summed E-state index contributed by atoms with van der Waals surface area (Å²) in [4.78, 5) is 24.3. The maximum absolute atomic E-state index is 14.2. The van der Waals surface area contributed by atoms with Gasteiger partial charge in [-0.25, -0.2) is 9.18 Å². The van der Waals surface area contributed by atoms with E-state index in [1.165, 1.54) is 17.0 Å². The van der Waals surface area contributed by atoms with Gasteiger partial charge in [-0.15, -0.1) is 0 Å². The molecule has 1 aromatic carbocycles. The number of carbonyl (C=O) groups excluding carboxylic acids is 1. The topological polar surface area (TPSA) is 57.6 Å². The molecule has 0 radical (unpaired) electrons. The molecule has 7 heteroatoms. The molecule has 1 aliphatic heterocycles. The van der Waals surface area contributed by atoms with Crippen molar-refractivity contribution in [3.05, 3.63) is 28.0 Å². The zero-order valence-electron chi connectivity index (χ0n) is 9.70. The minimum Gasteiger partial charge on any atom is -0.478 e. The normalized spacial score (nSPS) is 19.0. The lowest BCUT2D eigenvalue weighted by Crippen LogP contribution is -2.28. The molecule has 0 aromatic heterocycles. The number of aromatic carboxylic acids is 1. The van der Waals surface area contributed by atoms with Crippen molar-refractivity contribution in [1.82, 2.24) is 0 Å². The summed E-state index contributed by atoms with van der Waals surface area (Å²) in [5.74, 6) is -2.17. The monoisotopic (exact) mass is 393 g/mol. The van der Waals surface area contributed by atoms with E-state index in [4.69, 9.17) is 5.11 Å². The molecule has 0 saturated carbocycles. The molecular formula is C12H10Br2FNO3. The van der Waals surface area contributed by atoms with Gasteiger partial charge in [-0.1, -0.05) is 15.9 Å². The van der Waals surface area contributed by atoms with Crippen molar-refractivity contribution in [2.75, 3.05) is 16.8 Å². The standard InChI is InChI=1S/C12H10Br2FNO3/c13-4-6-3-9(17)16(5-6)11-7(12(18)19)1-2-8(14)10(11)15/h1-2,6H,3-5H2,(H,18,19). The van der Waals surface area contributed by atoms with Gasteiger partial charge in [0, 0.05) is 18.3 Å². The summed E-state index contributed by atoms with van der Waals surface area (Å²) in [5, 5.41) is 9.74. The van der Waals surface area contributed by atoms with Gasteiger partial charge >= 0.3 is 5.97 Å². The highest BCUT2D eigenvalue weighted by atomic mass is 79.9. The van der Waals surface area contributed by atoms with Crippen molar-refractivity contribution in [2.24, 2.45) is 5.92 Å². The molecule has 1 saturated heterocycles. The molecule has 1 fully saturated rings. The van der Waals surface area contributed by atoms with Gasteiger partial charge in [0.25, 0.3) is 0 Å². The van der Waals surface area contributed by atoms with Crippen LogP contribution in [0.4, 0.5) is 10.1 Å². The van der Waals surface area contributed by atoms with Crippen LogP contribution >= 0.6 is 31.9 Å². The van der Waals surface area contributed by atoms with E-state index >= 15 is 0 Å². The first-order chi connectivity index (χ1) is 8.95. The van der Waals surface area contributed by atoms with Crippen molar-refractivity contribution < 1.29 is 19.1 Å². The first-order valence-corrected chi connectivity index (χ1v) is 7.44. The molecule has 2 rings (SSSR count). The fourth-order valence-electron chi connectivity index (χ4n) is 2.08. The Kier molecular flexibility index (Phi) is 4.25. The van der Waals surface area contributed by atoms with E-state index in [1.807, 2.05) is 0 Å². The molecule has 1 atom stereocenters. The van der Waals surface area contributed by atoms with Crippen LogP contribution in [-0.4, -0.2) is 28.9 Å². The van der Waals surface area contributed by atoms with Crippen molar-refractivity contribution in [2.45, 2.75) is 6.42 Å². The number of anilines is 1. The molecule has 1 aromatic rings. The molecule has 1 N–H and O–H groups in total. The number of carboxylic acids is 1. The number of carboxylic acid groups (broad SMARTS) is 1. The SMILES string of the molecule is O=C(O)c1ccc(Br)c(F)c1N1CC(CBr)CC1=O. The Morgan fingerprint density at radius 2 is 2.21 bits per heavy atom. The lowest BCUT2D eigenvalue weighted by molar-refractivity contribution is -0.117. The summed E-state index contributed by atoms with van der Waals surface area (Å²) in [7, 11) is 0. The van der Waals surface area contributed by atoms with E-state index in [0.29, 0.717) is 11.9 Å². The van der Waals surface area contributed by atoms with E-state index in [-0.39, 0.29) is 34.0 Å².